The molecule has 41 heavy (non-hydrogen) atoms. The quantitative estimate of drug-likeness (QED) is 0.125. The number of thiophene rings is 1. The maximum Gasteiger partial charge on any atom is 0.272 e. The summed E-state index contributed by atoms with van der Waals surface area (Å²) in [4.78, 5) is 43.7. The maximum atomic E-state index is 13.1. The van der Waals surface area contributed by atoms with Gasteiger partial charge in [0.1, 0.15) is 11.4 Å². The number of ether oxygens (including phenoxy) is 1. The van der Waals surface area contributed by atoms with E-state index in [0.717, 1.165) is 26.4 Å². The van der Waals surface area contributed by atoms with E-state index in [4.69, 9.17) is 4.74 Å². The number of amides is 3. The van der Waals surface area contributed by atoms with Crippen LogP contribution in [0.4, 0.5) is 10.8 Å². The average Bonchev–Trinajstić information content (AvgIpc) is 3.65. The summed E-state index contributed by atoms with van der Waals surface area (Å²) < 4.78 is 6.17. The van der Waals surface area contributed by atoms with Crippen molar-refractivity contribution in [2.75, 3.05) is 23.5 Å². The highest BCUT2D eigenvalue weighted by Gasteiger charge is 2.15. The summed E-state index contributed by atoms with van der Waals surface area (Å²) >= 11 is 4.25. The molecule has 0 aliphatic rings. The fourth-order valence-corrected chi connectivity index (χ4v) is 5.92. The van der Waals surface area contributed by atoms with E-state index in [1.54, 1.807) is 49.6 Å². The van der Waals surface area contributed by atoms with Gasteiger partial charge in [0.25, 0.3) is 11.8 Å². The summed E-state index contributed by atoms with van der Waals surface area (Å²) in [6, 6.07) is 23.3. The number of rotatable bonds is 10. The van der Waals surface area contributed by atoms with E-state index in [-0.39, 0.29) is 23.3 Å². The van der Waals surface area contributed by atoms with Crippen LogP contribution in [-0.4, -0.2) is 35.6 Å². The van der Waals surface area contributed by atoms with Crippen LogP contribution in [0.1, 0.15) is 15.9 Å². The largest absolute Gasteiger partial charge is 0.497 e. The molecule has 206 valence electrons. The second-order valence-corrected chi connectivity index (χ2v) is 11.5. The van der Waals surface area contributed by atoms with E-state index in [1.807, 2.05) is 53.2 Å². The van der Waals surface area contributed by atoms with Gasteiger partial charge in [0, 0.05) is 16.1 Å². The molecule has 5 aromatic rings. The highest BCUT2D eigenvalue weighted by Crippen LogP contribution is 2.29. The average molecular weight is 601 g/mol. The first-order chi connectivity index (χ1) is 20.0. The van der Waals surface area contributed by atoms with Gasteiger partial charge in [-0.15, -0.1) is 11.8 Å². The van der Waals surface area contributed by atoms with Crippen molar-refractivity contribution in [2.24, 2.45) is 0 Å². The third-order valence-corrected chi connectivity index (χ3v) is 8.35. The third-order valence-electron chi connectivity index (χ3n) is 5.71. The number of aromatic nitrogens is 1. The lowest BCUT2D eigenvalue weighted by molar-refractivity contribution is -0.114. The van der Waals surface area contributed by atoms with Crippen LogP contribution in [0.5, 0.6) is 5.75 Å². The number of fused-ring (bicyclic) bond motifs is 1. The van der Waals surface area contributed by atoms with Crippen LogP contribution in [-0.2, 0) is 9.59 Å². The summed E-state index contributed by atoms with van der Waals surface area (Å²) in [6.07, 6.45) is 1.64. The van der Waals surface area contributed by atoms with Crippen molar-refractivity contribution in [2.45, 2.75) is 4.90 Å². The van der Waals surface area contributed by atoms with Crippen LogP contribution >= 0.6 is 34.4 Å². The van der Waals surface area contributed by atoms with Crippen molar-refractivity contribution in [1.82, 2.24) is 10.3 Å². The summed E-state index contributed by atoms with van der Waals surface area (Å²) in [5, 5.41) is 12.7. The third kappa shape index (κ3) is 7.60. The Bertz CT molecular complexity index is 1700. The molecule has 2 aromatic heterocycles. The minimum absolute atomic E-state index is 0.126. The number of benzene rings is 3. The van der Waals surface area contributed by atoms with Gasteiger partial charge in [-0.25, -0.2) is 4.98 Å². The van der Waals surface area contributed by atoms with Crippen molar-refractivity contribution in [3.05, 3.63) is 106 Å². The lowest BCUT2D eigenvalue weighted by Crippen LogP contribution is -2.30. The smallest absolute Gasteiger partial charge is 0.272 e. The molecule has 0 fully saturated rings. The molecule has 2 heterocycles. The van der Waals surface area contributed by atoms with Gasteiger partial charge in [-0.1, -0.05) is 29.5 Å². The van der Waals surface area contributed by atoms with E-state index in [9.17, 15) is 14.4 Å². The zero-order valence-electron chi connectivity index (χ0n) is 21.7. The Hall–Kier alpha value is -4.45. The molecule has 0 aliphatic heterocycles. The van der Waals surface area contributed by atoms with Crippen molar-refractivity contribution < 1.29 is 19.1 Å². The zero-order chi connectivity index (χ0) is 28.6. The molecular weight excluding hydrogens is 577 g/mol. The van der Waals surface area contributed by atoms with Crippen LogP contribution in [0.25, 0.3) is 16.3 Å². The number of nitrogens with one attached hydrogen (secondary N) is 3. The van der Waals surface area contributed by atoms with Gasteiger partial charge in [-0.3, -0.25) is 14.4 Å². The second-order valence-electron chi connectivity index (χ2n) is 8.60. The highest BCUT2D eigenvalue weighted by atomic mass is 32.2. The van der Waals surface area contributed by atoms with Crippen LogP contribution in [0.3, 0.4) is 0 Å². The number of hydrogen-bond acceptors (Lipinski definition) is 8. The number of carbonyl (C=O) groups excluding carboxylic acids is 3. The summed E-state index contributed by atoms with van der Waals surface area (Å²) in [6.45, 7) is 0. The van der Waals surface area contributed by atoms with Gasteiger partial charge >= 0.3 is 0 Å². The molecule has 0 saturated heterocycles. The molecule has 11 heteroatoms. The lowest BCUT2D eigenvalue weighted by atomic mass is 10.2. The van der Waals surface area contributed by atoms with E-state index in [1.165, 1.54) is 34.4 Å². The number of nitrogens with zero attached hydrogens (tertiary/aromatic N) is 1. The van der Waals surface area contributed by atoms with Gasteiger partial charge in [0.15, 0.2) is 5.13 Å². The van der Waals surface area contributed by atoms with Crippen LogP contribution in [0.15, 0.2) is 100 Å². The van der Waals surface area contributed by atoms with Crippen molar-refractivity contribution in [1.29, 1.82) is 0 Å². The molecule has 0 unspecified atom stereocenters. The Labute approximate surface area is 248 Å². The molecule has 0 radical (unpaired) electrons. The standard InChI is InChI=1S/C30H24N4O4S3/c1-38-22-9-12-24-26(16-22)41-30(33-24)34-27(35)18-40-23-10-7-21(8-11-23)31-29(37)25(15-19-13-14-39-17-19)32-28(36)20-5-3-2-4-6-20/h2-17H,18H2,1H3,(H,31,37)(H,32,36)(H,33,34,35)/b25-15-. The Balaban J connectivity index is 1.17. The monoisotopic (exact) mass is 600 g/mol. The molecular formula is C30H24N4O4S3. The Morgan fingerprint density at radius 2 is 1.78 bits per heavy atom. The topological polar surface area (TPSA) is 109 Å². The molecule has 3 amide bonds. The zero-order valence-corrected chi connectivity index (χ0v) is 24.2. The molecule has 0 bridgehead atoms. The summed E-state index contributed by atoms with van der Waals surface area (Å²) in [7, 11) is 1.61. The number of anilines is 2. The van der Waals surface area contributed by atoms with Gasteiger partial charge < -0.3 is 20.7 Å². The van der Waals surface area contributed by atoms with E-state index in [2.05, 4.69) is 20.9 Å². The summed E-state index contributed by atoms with van der Waals surface area (Å²) in [5.74, 6) is -0.0625. The Kier molecular flexibility index (Phi) is 9.09. The molecule has 8 nitrogen and oxygen atoms in total. The first-order valence-electron chi connectivity index (χ1n) is 12.4. The number of carbonyl (C=O) groups is 3. The molecule has 5 rings (SSSR count). The number of thiazole rings is 1. The van der Waals surface area contributed by atoms with Gasteiger partial charge in [0.05, 0.1) is 23.1 Å². The number of thioether (sulfide) groups is 1. The minimum Gasteiger partial charge on any atom is -0.497 e. The predicted molar refractivity (Wildman–Crippen MR) is 167 cm³/mol. The van der Waals surface area contributed by atoms with Crippen molar-refractivity contribution in [3.8, 4) is 5.75 Å². The highest BCUT2D eigenvalue weighted by molar-refractivity contribution is 8.00. The maximum absolute atomic E-state index is 13.1. The molecule has 3 aromatic carbocycles. The Morgan fingerprint density at radius 1 is 0.976 bits per heavy atom. The van der Waals surface area contributed by atoms with Crippen molar-refractivity contribution in [3.63, 3.8) is 0 Å². The fourth-order valence-electron chi connectivity index (χ4n) is 3.69. The van der Waals surface area contributed by atoms with Crippen molar-refractivity contribution >= 4 is 79.3 Å². The molecule has 0 spiro atoms. The second kappa shape index (κ2) is 13.3. The lowest BCUT2D eigenvalue weighted by Gasteiger charge is -2.11. The molecule has 0 atom stereocenters. The van der Waals surface area contributed by atoms with Gasteiger partial charge in [0.2, 0.25) is 5.91 Å². The molecule has 0 aliphatic carbocycles. The number of methoxy groups -OCH3 is 1. The first-order valence-corrected chi connectivity index (χ1v) is 15.1. The molecule has 0 saturated carbocycles. The first kappa shape index (κ1) is 28.1. The summed E-state index contributed by atoms with van der Waals surface area (Å²) in [5.41, 5.74) is 2.73. The SMILES string of the molecule is COc1ccc2nc(NC(=O)CSc3ccc(NC(=O)/C(=C/c4ccsc4)NC(=O)c4ccccc4)cc3)sc2c1. The van der Waals surface area contributed by atoms with Crippen LogP contribution in [0.2, 0.25) is 0 Å². The van der Waals surface area contributed by atoms with Gasteiger partial charge in [-0.2, -0.15) is 11.3 Å². The van der Waals surface area contributed by atoms with E-state index in [0.29, 0.717) is 16.4 Å². The fraction of sp³-hybridized carbons (Fsp3) is 0.0667. The molecule has 3 N–H and O–H groups in total. The van der Waals surface area contributed by atoms with E-state index >= 15 is 0 Å². The van der Waals surface area contributed by atoms with Crippen LogP contribution in [0, 0.1) is 0 Å². The van der Waals surface area contributed by atoms with E-state index < -0.39 is 5.91 Å². The minimum atomic E-state index is -0.450. The van der Waals surface area contributed by atoms with Gasteiger partial charge in [-0.05, 0) is 83.1 Å². The van der Waals surface area contributed by atoms with Crippen LogP contribution < -0.4 is 20.7 Å². The predicted octanol–water partition coefficient (Wildman–Crippen LogP) is 6.51. The Morgan fingerprint density at radius 3 is 2.51 bits per heavy atom. The normalized spacial score (nSPS) is 11.2. The number of hydrogen-bond donors (Lipinski definition) is 3.